The van der Waals surface area contributed by atoms with Crippen LogP contribution in [0, 0.1) is 0 Å². The lowest BCUT2D eigenvalue weighted by molar-refractivity contribution is 0.272. The first-order valence-electron chi connectivity index (χ1n) is 5.30. The van der Waals surface area contributed by atoms with Crippen molar-refractivity contribution in [3.05, 3.63) is 16.9 Å². The van der Waals surface area contributed by atoms with Crippen molar-refractivity contribution in [3.63, 3.8) is 0 Å². The first kappa shape index (κ1) is 12.3. The molecule has 4 nitrogen and oxygen atoms in total. The van der Waals surface area contributed by atoms with Gasteiger partial charge >= 0.3 is 0 Å². The van der Waals surface area contributed by atoms with Crippen LogP contribution in [0.5, 0.6) is 0 Å². The largest absolute Gasteiger partial charge is 0.338 e. The molecule has 0 unspecified atom stereocenters. The Morgan fingerprint density at radius 1 is 1.12 bits per heavy atom. The molecule has 88 valence electrons. The van der Waals surface area contributed by atoms with Crippen LogP contribution >= 0.6 is 31.9 Å². The van der Waals surface area contributed by atoms with E-state index < -0.39 is 0 Å². The highest BCUT2D eigenvalue weighted by Crippen LogP contribution is 2.13. The molecular weight excluding hydrogens is 336 g/mol. The molecule has 0 saturated carbocycles. The fourth-order valence-corrected chi connectivity index (χ4v) is 2.47. The molecule has 0 N–H and O–H groups in total. The first-order valence-corrected chi connectivity index (χ1v) is 7.22. The standard InChI is InChI=1S/C10H14Br2N4/c11-1-2-15-3-5-16(6-4-15)10-13-7-9(12)8-14-10/h7-8H,1-6H2. The van der Waals surface area contributed by atoms with Gasteiger partial charge in [-0.25, -0.2) is 9.97 Å². The molecule has 1 aromatic rings. The second kappa shape index (κ2) is 5.93. The average Bonchev–Trinajstić information content (AvgIpc) is 2.32. The van der Waals surface area contributed by atoms with E-state index in [0.29, 0.717) is 0 Å². The van der Waals surface area contributed by atoms with Gasteiger partial charge in [-0.05, 0) is 15.9 Å². The van der Waals surface area contributed by atoms with Crippen LogP contribution in [-0.4, -0.2) is 52.9 Å². The number of nitrogens with zero attached hydrogens (tertiary/aromatic N) is 4. The van der Waals surface area contributed by atoms with Gasteiger partial charge in [0.15, 0.2) is 0 Å². The highest BCUT2D eigenvalue weighted by atomic mass is 79.9. The van der Waals surface area contributed by atoms with Gasteiger partial charge in [0.05, 0.1) is 4.47 Å². The monoisotopic (exact) mass is 348 g/mol. The Kier molecular flexibility index (Phi) is 4.55. The van der Waals surface area contributed by atoms with Gasteiger partial charge in [0.1, 0.15) is 0 Å². The minimum atomic E-state index is 0.835. The lowest BCUT2D eigenvalue weighted by atomic mass is 10.3. The Bertz CT molecular complexity index is 322. The lowest BCUT2D eigenvalue weighted by Gasteiger charge is -2.34. The summed E-state index contributed by atoms with van der Waals surface area (Å²) in [5, 5.41) is 1.04. The number of halogens is 2. The van der Waals surface area contributed by atoms with Crippen molar-refractivity contribution in [2.75, 3.05) is 43.0 Å². The molecule has 0 amide bonds. The number of hydrogen-bond donors (Lipinski definition) is 0. The van der Waals surface area contributed by atoms with Crippen molar-refractivity contribution in [2.45, 2.75) is 0 Å². The second-order valence-electron chi connectivity index (χ2n) is 3.72. The first-order chi connectivity index (χ1) is 7.79. The summed E-state index contributed by atoms with van der Waals surface area (Å²) in [5.74, 6) is 0.835. The number of rotatable bonds is 3. The number of aromatic nitrogens is 2. The molecule has 1 aromatic heterocycles. The molecule has 0 aromatic carbocycles. The summed E-state index contributed by atoms with van der Waals surface area (Å²) in [6.07, 6.45) is 3.60. The molecule has 2 rings (SSSR count). The predicted molar refractivity (Wildman–Crippen MR) is 72.2 cm³/mol. The highest BCUT2D eigenvalue weighted by Gasteiger charge is 2.17. The SMILES string of the molecule is BrCCN1CCN(c2ncc(Br)cn2)CC1. The zero-order valence-corrected chi connectivity index (χ0v) is 12.1. The van der Waals surface area contributed by atoms with E-state index in [1.165, 1.54) is 0 Å². The molecule has 6 heteroatoms. The molecule has 16 heavy (non-hydrogen) atoms. The molecule has 1 aliphatic rings. The van der Waals surface area contributed by atoms with Gasteiger partial charge in [0.25, 0.3) is 0 Å². The van der Waals surface area contributed by atoms with Crippen LogP contribution < -0.4 is 4.90 Å². The summed E-state index contributed by atoms with van der Waals surface area (Å²) in [6, 6.07) is 0. The van der Waals surface area contributed by atoms with E-state index >= 15 is 0 Å². The van der Waals surface area contributed by atoms with Gasteiger partial charge in [0.2, 0.25) is 5.95 Å². The minimum absolute atomic E-state index is 0.835. The molecule has 0 bridgehead atoms. The van der Waals surface area contributed by atoms with E-state index in [1.807, 2.05) is 0 Å². The van der Waals surface area contributed by atoms with Gasteiger partial charge in [-0.15, -0.1) is 0 Å². The molecule has 1 aliphatic heterocycles. The summed E-state index contributed by atoms with van der Waals surface area (Å²) < 4.78 is 0.925. The zero-order chi connectivity index (χ0) is 11.4. The number of anilines is 1. The van der Waals surface area contributed by atoms with Crippen LogP contribution in [0.15, 0.2) is 16.9 Å². The highest BCUT2D eigenvalue weighted by molar-refractivity contribution is 9.10. The fraction of sp³-hybridized carbons (Fsp3) is 0.600. The number of piperazine rings is 1. The van der Waals surface area contributed by atoms with Crippen molar-refractivity contribution in [2.24, 2.45) is 0 Å². The Morgan fingerprint density at radius 3 is 2.31 bits per heavy atom. The van der Waals surface area contributed by atoms with E-state index in [2.05, 4.69) is 51.6 Å². The summed E-state index contributed by atoms with van der Waals surface area (Å²) >= 11 is 6.81. The third-order valence-electron chi connectivity index (χ3n) is 2.66. The van der Waals surface area contributed by atoms with Gasteiger partial charge in [-0.3, -0.25) is 4.90 Å². The maximum absolute atomic E-state index is 4.31. The quantitative estimate of drug-likeness (QED) is 0.778. The van der Waals surface area contributed by atoms with Gasteiger partial charge < -0.3 is 4.90 Å². The van der Waals surface area contributed by atoms with Gasteiger partial charge in [0, 0.05) is 50.4 Å². The van der Waals surface area contributed by atoms with E-state index in [1.54, 1.807) is 12.4 Å². The van der Waals surface area contributed by atoms with Crippen LogP contribution in [0.1, 0.15) is 0 Å². The lowest BCUT2D eigenvalue weighted by Crippen LogP contribution is -2.47. The zero-order valence-electron chi connectivity index (χ0n) is 8.94. The summed E-state index contributed by atoms with van der Waals surface area (Å²) in [7, 11) is 0. The topological polar surface area (TPSA) is 32.3 Å². The van der Waals surface area contributed by atoms with E-state index in [4.69, 9.17) is 0 Å². The minimum Gasteiger partial charge on any atom is -0.338 e. The normalized spacial score (nSPS) is 17.8. The third-order valence-corrected chi connectivity index (χ3v) is 3.43. The Balaban J connectivity index is 1.91. The predicted octanol–water partition coefficient (Wildman–Crippen LogP) is 1.76. The number of alkyl halides is 1. The van der Waals surface area contributed by atoms with Crippen molar-refractivity contribution in [1.29, 1.82) is 0 Å². The second-order valence-corrected chi connectivity index (χ2v) is 5.43. The van der Waals surface area contributed by atoms with Crippen molar-refractivity contribution in [1.82, 2.24) is 14.9 Å². The Labute approximate surface area is 112 Å². The van der Waals surface area contributed by atoms with Crippen LogP contribution in [0.4, 0.5) is 5.95 Å². The van der Waals surface area contributed by atoms with Crippen LogP contribution in [-0.2, 0) is 0 Å². The molecule has 1 fully saturated rings. The molecule has 0 atom stereocenters. The summed E-state index contributed by atoms with van der Waals surface area (Å²) in [6.45, 7) is 5.31. The van der Waals surface area contributed by atoms with Gasteiger partial charge in [-0.1, -0.05) is 15.9 Å². The fourth-order valence-electron chi connectivity index (χ4n) is 1.76. The van der Waals surface area contributed by atoms with Crippen molar-refractivity contribution in [3.8, 4) is 0 Å². The summed E-state index contributed by atoms with van der Waals surface area (Å²) in [5.41, 5.74) is 0. The van der Waals surface area contributed by atoms with E-state index in [-0.39, 0.29) is 0 Å². The van der Waals surface area contributed by atoms with Crippen molar-refractivity contribution >= 4 is 37.8 Å². The molecular formula is C10H14Br2N4. The number of hydrogen-bond acceptors (Lipinski definition) is 4. The third kappa shape index (κ3) is 3.15. The molecule has 0 aliphatic carbocycles. The molecule has 1 saturated heterocycles. The molecule has 2 heterocycles. The molecule has 0 radical (unpaired) electrons. The van der Waals surface area contributed by atoms with Crippen LogP contribution in [0.2, 0.25) is 0 Å². The van der Waals surface area contributed by atoms with Crippen LogP contribution in [0.3, 0.4) is 0 Å². The molecule has 0 spiro atoms. The average molecular weight is 350 g/mol. The smallest absolute Gasteiger partial charge is 0.225 e. The summed E-state index contributed by atoms with van der Waals surface area (Å²) in [4.78, 5) is 13.3. The van der Waals surface area contributed by atoms with E-state index in [9.17, 15) is 0 Å². The Hall–Kier alpha value is -0.200. The van der Waals surface area contributed by atoms with E-state index in [0.717, 1.165) is 48.5 Å². The maximum Gasteiger partial charge on any atom is 0.225 e. The van der Waals surface area contributed by atoms with Gasteiger partial charge in [-0.2, -0.15) is 0 Å². The van der Waals surface area contributed by atoms with Crippen LogP contribution in [0.25, 0.3) is 0 Å². The Morgan fingerprint density at radius 2 is 1.75 bits per heavy atom. The van der Waals surface area contributed by atoms with Crippen molar-refractivity contribution < 1.29 is 0 Å². The maximum atomic E-state index is 4.31.